The minimum atomic E-state index is 0.121. The smallest absolute Gasteiger partial charge is 0.115 e. The Morgan fingerprint density at radius 2 is 1.53 bits per heavy atom. The van der Waals surface area contributed by atoms with E-state index in [-0.39, 0.29) is 5.54 Å². The largest absolute Gasteiger partial charge is 0.508 e. The summed E-state index contributed by atoms with van der Waals surface area (Å²) in [5.74, 6) is 0.322. The van der Waals surface area contributed by atoms with Gasteiger partial charge in [-0.15, -0.1) is 0 Å². The van der Waals surface area contributed by atoms with E-state index < -0.39 is 0 Å². The average Bonchev–Trinajstić information content (AvgIpc) is 2.13. The SMILES string of the molecule is CC(C)(C)CC(C)(C)NCc1ccc(O)cc1. The lowest BCUT2D eigenvalue weighted by Crippen LogP contribution is -2.41. The second kappa shape index (κ2) is 5.09. The van der Waals surface area contributed by atoms with Gasteiger partial charge in [0.2, 0.25) is 0 Å². The van der Waals surface area contributed by atoms with Crippen molar-refractivity contribution in [3.8, 4) is 5.75 Å². The minimum absolute atomic E-state index is 0.121. The average molecular weight is 235 g/mol. The highest BCUT2D eigenvalue weighted by atomic mass is 16.3. The van der Waals surface area contributed by atoms with Gasteiger partial charge in [0, 0.05) is 12.1 Å². The van der Waals surface area contributed by atoms with Gasteiger partial charge in [-0.3, -0.25) is 0 Å². The maximum absolute atomic E-state index is 9.22. The van der Waals surface area contributed by atoms with Crippen LogP contribution >= 0.6 is 0 Å². The molecule has 96 valence electrons. The van der Waals surface area contributed by atoms with Gasteiger partial charge in [0.05, 0.1) is 0 Å². The first-order valence-corrected chi connectivity index (χ1v) is 6.21. The van der Waals surface area contributed by atoms with Gasteiger partial charge >= 0.3 is 0 Å². The van der Waals surface area contributed by atoms with Crippen LogP contribution in [0.1, 0.15) is 46.6 Å². The van der Waals surface area contributed by atoms with Crippen molar-refractivity contribution in [2.45, 2.75) is 53.1 Å². The van der Waals surface area contributed by atoms with Gasteiger partial charge in [-0.1, -0.05) is 32.9 Å². The summed E-state index contributed by atoms with van der Waals surface area (Å²) in [6.45, 7) is 12.1. The first-order chi connectivity index (χ1) is 7.68. The van der Waals surface area contributed by atoms with Gasteiger partial charge in [-0.05, 0) is 43.4 Å². The van der Waals surface area contributed by atoms with Crippen LogP contribution in [-0.2, 0) is 6.54 Å². The summed E-state index contributed by atoms with van der Waals surface area (Å²) in [7, 11) is 0. The molecule has 2 N–H and O–H groups in total. The summed E-state index contributed by atoms with van der Waals surface area (Å²) in [5, 5.41) is 12.8. The van der Waals surface area contributed by atoms with Crippen LogP contribution in [-0.4, -0.2) is 10.6 Å². The molecule has 1 aromatic carbocycles. The van der Waals surface area contributed by atoms with Gasteiger partial charge in [0.25, 0.3) is 0 Å². The molecule has 0 unspecified atom stereocenters. The highest BCUT2D eigenvalue weighted by Gasteiger charge is 2.24. The molecule has 1 rings (SSSR count). The maximum Gasteiger partial charge on any atom is 0.115 e. The highest BCUT2D eigenvalue weighted by molar-refractivity contribution is 5.25. The molecule has 0 heterocycles. The molecule has 1 aromatic rings. The lowest BCUT2D eigenvalue weighted by molar-refractivity contribution is 0.241. The molecule has 0 radical (unpaired) electrons. The van der Waals surface area contributed by atoms with Crippen LogP contribution in [0, 0.1) is 5.41 Å². The summed E-state index contributed by atoms with van der Waals surface area (Å²) >= 11 is 0. The van der Waals surface area contributed by atoms with E-state index in [2.05, 4.69) is 39.9 Å². The summed E-state index contributed by atoms with van der Waals surface area (Å²) in [5.41, 5.74) is 1.64. The molecular weight excluding hydrogens is 210 g/mol. The summed E-state index contributed by atoms with van der Waals surface area (Å²) in [4.78, 5) is 0. The molecule has 0 bridgehead atoms. The molecule has 0 saturated carbocycles. The van der Waals surface area contributed by atoms with Crippen molar-refractivity contribution in [3.63, 3.8) is 0 Å². The molecule has 0 aliphatic heterocycles. The molecule has 0 spiro atoms. The third-order valence-electron chi connectivity index (χ3n) is 2.68. The van der Waals surface area contributed by atoms with Crippen molar-refractivity contribution in [1.82, 2.24) is 5.32 Å². The van der Waals surface area contributed by atoms with E-state index in [0.29, 0.717) is 11.2 Å². The van der Waals surface area contributed by atoms with E-state index in [1.807, 2.05) is 12.1 Å². The number of hydrogen-bond acceptors (Lipinski definition) is 2. The summed E-state index contributed by atoms with van der Waals surface area (Å²) < 4.78 is 0. The van der Waals surface area contributed by atoms with E-state index in [0.717, 1.165) is 13.0 Å². The number of nitrogens with one attached hydrogen (secondary N) is 1. The Morgan fingerprint density at radius 3 is 2.00 bits per heavy atom. The van der Waals surface area contributed by atoms with Crippen molar-refractivity contribution >= 4 is 0 Å². The third kappa shape index (κ3) is 5.73. The number of phenols is 1. The van der Waals surface area contributed by atoms with Crippen LogP contribution in [0.25, 0.3) is 0 Å². The predicted molar refractivity (Wildman–Crippen MR) is 73.1 cm³/mol. The predicted octanol–water partition coefficient (Wildman–Crippen LogP) is 3.70. The Labute approximate surface area is 105 Å². The fraction of sp³-hybridized carbons (Fsp3) is 0.600. The number of aromatic hydroxyl groups is 1. The zero-order chi connectivity index (χ0) is 13.1. The first kappa shape index (κ1) is 14.0. The molecule has 0 amide bonds. The minimum Gasteiger partial charge on any atom is -0.508 e. The maximum atomic E-state index is 9.22. The normalized spacial score (nSPS) is 12.8. The van der Waals surface area contributed by atoms with Crippen molar-refractivity contribution in [3.05, 3.63) is 29.8 Å². The van der Waals surface area contributed by atoms with E-state index in [1.165, 1.54) is 5.56 Å². The Morgan fingerprint density at radius 1 is 1.00 bits per heavy atom. The molecule has 2 nitrogen and oxygen atoms in total. The van der Waals surface area contributed by atoms with Gasteiger partial charge in [-0.2, -0.15) is 0 Å². The van der Waals surface area contributed by atoms with Crippen LogP contribution in [0.2, 0.25) is 0 Å². The molecule has 0 fully saturated rings. The third-order valence-corrected chi connectivity index (χ3v) is 2.68. The lowest BCUT2D eigenvalue weighted by atomic mass is 9.82. The Hall–Kier alpha value is -1.02. The second-order valence-corrected chi connectivity index (χ2v) is 6.64. The molecule has 17 heavy (non-hydrogen) atoms. The number of phenolic OH excluding ortho intramolecular Hbond substituents is 1. The van der Waals surface area contributed by atoms with Gasteiger partial charge in [-0.25, -0.2) is 0 Å². The van der Waals surface area contributed by atoms with Gasteiger partial charge < -0.3 is 10.4 Å². The quantitative estimate of drug-likeness (QED) is 0.834. The first-order valence-electron chi connectivity index (χ1n) is 6.21. The molecule has 2 heteroatoms. The highest BCUT2D eigenvalue weighted by Crippen LogP contribution is 2.27. The number of rotatable bonds is 4. The Bertz CT molecular complexity index is 346. The Balaban J connectivity index is 2.52. The lowest BCUT2D eigenvalue weighted by Gasteiger charge is -2.33. The Kier molecular flexibility index (Phi) is 4.21. The van der Waals surface area contributed by atoms with Crippen molar-refractivity contribution < 1.29 is 5.11 Å². The number of benzene rings is 1. The van der Waals surface area contributed by atoms with Crippen molar-refractivity contribution in [2.24, 2.45) is 5.41 Å². The molecule has 0 aliphatic rings. The number of hydrogen-bond donors (Lipinski definition) is 2. The molecule has 0 atom stereocenters. The van der Waals surface area contributed by atoms with Crippen LogP contribution in [0.15, 0.2) is 24.3 Å². The monoisotopic (exact) mass is 235 g/mol. The topological polar surface area (TPSA) is 32.3 Å². The fourth-order valence-electron chi connectivity index (χ4n) is 2.34. The van der Waals surface area contributed by atoms with Crippen LogP contribution in [0.3, 0.4) is 0 Å². The second-order valence-electron chi connectivity index (χ2n) is 6.64. The standard InChI is InChI=1S/C15H25NO/c1-14(2,3)11-15(4,5)16-10-12-6-8-13(17)9-7-12/h6-9,16-17H,10-11H2,1-5H3. The van der Waals surface area contributed by atoms with E-state index in [1.54, 1.807) is 12.1 Å². The van der Waals surface area contributed by atoms with Gasteiger partial charge in [0.15, 0.2) is 0 Å². The molecule has 0 saturated heterocycles. The zero-order valence-electron chi connectivity index (χ0n) is 11.7. The van der Waals surface area contributed by atoms with Crippen molar-refractivity contribution in [2.75, 3.05) is 0 Å². The summed E-state index contributed by atoms with van der Waals surface area (Å²) in [6, 6.07) is 7.37. The van der Waals surface area contributed by atoms with Crippen molar-refractivity contribution in [1.29, 1.82) is 0 Å². The van der Waals surface area contributed by atoms with Gasteiger partial charge in [0.1, 0.15) is 5.75 Å². The van der Waals surface area contributed by atoms with E-state index in [9.17, 15) is 5.11 Å². The molecule has 0 aromatic heterocycles. The van der Waals surface area contributed by atoms with Crippen LogP contribution < -0.4 is 5.32 Å². The fourth-order valence-corrected chi connectivity index (χ4v) is 2.34. The van der Waals surface area contributed by atoms with E-state index in [4.69, 9.17) is 0 Å². The molecular formula is C15H25NO. The molecule has 0 aliphatic carbocycles. The summed E-state index contributed by atoms with van der Waals surface area (Å²) in [6.07, 6.45) is 1.12. The van der Waals surface area contributed by atoms with Crippen LogP contribution in [0.4, 0.5) is 0 Å². The van der Waals surface area contributed by atoms with E-state index >= 15 is 0 Å². The zero-order valence-corrected chi connectivity index (χ0v) is 11.7. The van der Waals surface area contributed by atoms with Crippen LogP contribution in [0.5, 0.6) is 5.75 Å².